The number of amides is 2. The molecule has 2 fully saturated rings. The van der Waals surface area contributed by atoms with Crippen molar-refractivity contribution in [3.8, 4) is 17.2 Å². The van der Waals surface area contributed by atoms with E-state index in [4.69, 9.17) is 14.2 Å². The molecule has 4 rings (SSSR count). The van der Waals surface area contributed by atoms with Crippen LogP contribution >= 0.6 is 0 Å². The second-order valence-electron chi connectivity index (χ2n) is 9.31. The summed E-state index contributed by atoms with van der Waals surface area (Å²) in [6, 6.07) is 12.8. The Morgan fingerprint density at radius 1 is 0.829 bits per heavy atom. The van der Waals surface area contributed by atoms with Gasteiger partial charge in [0, 0.05) is 12.6 Å². The molecule has 1 heterocycles. The van der Waals surface area contributed by atoms with Crippen molar-refractivity contribution in [2.24, 2.45) is 0 Å². The number of benzene rings is 2. The van der Waals surface area contributed by atoms with Gasteiger partial charge < -0.3 is 24.0 Å². The largest absolute Gasteiger partial charge is 0.497 e. The normalized spacial score (nSPS) is 19.5. The molecular weight excluding hydrogens is 444 g/mol. The summed E-state index contributed by atoms with van der Waals surface area (Å²) in [5.74, 6) is 2.05. The average molecular weight is 481 g/mol. The quantitative estimate of drug-likeness (QED) is 0.524. The standard InChI is InChI=1S/C28H36N2O5/c1-33-23-13-11-21(12-14-23)27-28(32)30(22-8-6-4-5-7-9-22)19-26(31)29(27)17-16-20-10-15-24(34-2)25(18-20)35-3/h10-15,18,22,27H,4-9,16-17,19H2,1-3H3/t27-/m1/s1. The van der Waals surface area contributed by atoms with Crippen LogP contribution in [0.5, 0.6) is 17.2 Å². The van der Waals surface area contributed by atoms with Gasteiger partial charge in [-0.1, -0.05) is 43.9 Å². The molecule has 188 valence electrons. The van der Waals surface area contributed by atoms with Gasteiger partial charge in [0.2, 0.25) is 5.91 Å². The molecule has 0 aromatic heterocycles. The van der Waals surface area contributed by atoms with Crippen LogP contribution in [0.25, 0.3) is 0 Å². The Morgan fingerprint density at radius 2 is 1.51 bits per heavy atom. The molecule has 1 saturated carbocycles. The fourth-order valence-electron chi connectivity index (χ4n) is 5.28. The first-order chi connectivity index (χ1) is 17.0. The van der Waals surface area contributed by atoms with Crippen molar-refractivity contribution >= 4 is 11.8 Å². The lowest BCUT2D eigenvalue weighted by Crippen LogP contribution is -2.58. The Bertz CT molecular complexity index is 1010. The van der Waals surface area contributed by atoms with Gasteiger partial charge in [-0.3, -0.25) is 9.59 Å². The Balaban J connectivity index is 1.60. The van der Waals surface area contributed by atoms with E-state index in [1.807, 2.05) is 47.4 Å². The van der Waals surface area contributed by atoms with Crippen LogP contribution in [-0.4, -0.2) is 62.1 Å². The van der Waals surface area contributed by atoms with Crippen LogP contribution in [0.3, 0.4) is 0 Å². The van der Waals surface area contributed by atoms with Gasteiger partial charge in [-0.25, -0.2) is 0 Å². The lowest BCUT2D eigenvalue weighted by atomic mass is 9.97. The van der Waals surface area contributed by atoms with Crippen LogP contribution < -0.4 is 14.2 Å². The molecule has 0 unspecified atom stereocenters. The fraction of sp³-hybridized carbons (Fsp3) is 0.500. The zero-order valence-electron chi connectivity index (χ0n) is 21.0. The number of hydrogen-bond donors (Lipinski definition) is 0. The molecule has 2 aliphatic rings. The highest BCUT2D eigenvalue weighted by Crippen LogP contribution is 2.33. The zero-order chi connectivity index (χ0) is 24.8. The first kappa shape index (κ1) is 24.9. The maximum atomic E-state index is 13.9. The molecule has 7 nitrogen and oxygen atoms in total. The van der Waals surface area contributed by atoms with Crippen molar-refractivity contribution in [2.75, 3.05) is 34.4 Å². The molecule has 0 bridgehead atoms. The van der Waals surface area contributed by atoms with E-state index in [2.05, 4.69) is 0 Å². The SMILES string of the molecule is COc1ccc([C@@H]2C(=O)N(C3CCCCCC3)CC(=O)N2CCc2ccc(OC)c(OC)c2)cc1. The fourth-order valence-corrected chi connectivity index (χ4v) is 5.28. The molecule has 0 radical (unpaired) electrons. The van der Waals surface area contributed by atoms with Crippen LogP contribution in [0.2, 0.25) is 0 Å². The predicted octanol–water partition coefficient (Wildman–Crippen LogP) is 4.39. The molecule has 35 heavy (non-hydrogen) atoms. The lowest BCUT2D eigenvalue weighted by molar-refractivity contribution is -0.158. The minimum atomic E-state index is -0.634. The highest BCUT2D eigenvalue weighted by molar-refractivity contribution is 5.95. The maximum Gasteiger partial charge on any atom is 0.250 e. The van der Waals surface area contributed by atoms with Gasteiger partial charge in [0.25, 0.3) is 5.91 Å². The molecule has 0 N–H and O–H groups in total. The third-order valence-corrected chi connectivity index (χ3v) is 7.24. The van der Waals surface area contributed by atoms with E-state index in [0.29, 0.717) is 24.5 Å². The van der Waals surface area contributed by atoms with Crippen LogP contribution in [0, 0.1) is 0 Å². The molecule has 2 aromatic rings. The smallest absolute Gasteiger partial charge is 0.250 e. The van der Waals surface area contributed by atoms with Gasteiger partial charge in [0.15, 0.2) is 11.5 Å². The monoisotopic (exact) mass is 480 g/mol. The molecule has 1 atom stereocenters. The van der Waals surface area contributed by atoms with Gasteiger partial charge in [0.1, 0.15) is 18.3 Å². The number of hydrogen-bond acceptors (Lipinski definition) is 5. The Kier molecular flexibility index (Phi) is 8.16. The molecule has 1 aliphatic heterocycles. The van der Waals surface area contributed by atoms with Gasteiger partial charge in [0.05, 0.1) is 21.3 Å². The molecule has 2 amide bonds. The minimum Gasteiger partial charge on any atom is -0.497 e. The summed E-state index contributed by atoms with van der Waals surface area (Å²) in [4.78, 5) is 31.0. The van der Waals surface area contributed by atoms with Crippen molar-refractivity contribution in [1.29, 1.82) is 0 Å². The van der Waals surface area contributed by atoms with Crippen molar-refractivity contribution in [1.82, 2.24) is 9.80 Å². The van der Waals surface area contributed by atoms with E-state index in [1.54, 1.807) is 26.2 Å². The Hall–Kier alpha value is -3.22. The molecule has 1 saturated heterocycles. The van der Waals surface area contributed by atoms with Crippen molar-refractivity contribution in [2.45, 2.75) is 57.0 Å². The van der Waals surface area contributed by atoms with Crippen LogP contribution in [0.4, 0.5) is 0 Å². The van der Waals surface area contributed by atoms with Gasteiger partial charge >= 0.3 is 0 Å². The summed E-state index contributed by atoms with van der Waals surface area (Å²) >= 11 is 0. The zero-order valence-corrected chi connectivity index (χ0v) is 21.0. The van der Waals surface area contributed by atoms with Gasteiger partial charge in [-0.05, 0) is 54.7 Å². The van der Waals surface area contributed by atoms with Crippen LogP contribution in [-0.2, 0) is 16.0 Å². The van der Waals surface area contributed by atoms with E-state index in [0.717, 1.165) is 42.6 Å². The third-order valence-electron chi connectivity index (χ3n) is 7.24. The summed E-state index contributed by atoms with van der Waals surface area (Å²) in [6.45, 7) is 0.595. The topological polar surface area (TPSA) is 68.3 Å². The van der Waals surface area contributed by atoms with Crippen LogP contribution in [0.15, 0.2) is 42.5 Å². The number of ether oxygens (including phenoxy) is 3. The van der Waals surface area contributed by atoms with Crippen molar-refractivity contribution in [3.05, 3.63) is 53.6 Å². The molecule has 7 heteroatoms. The minimum absolute atomic E-state index is 0.00450. The van der Waals surface area contributed by atoms with Crippen LogP contribution in [0.1, 0.15) is 55.7 Å². The third kappa shape index (κ3) is 5.55. The predicted molar refractivity (Wildman–Crippen MR) is 134 cm³/mol. The molecule has 1 aliphatic carbocycles. The highest BCUT2D eigenvalue weighted by atomic mass is 16.5. The Labute approximate surface area is 207 Å². The van der Waals surface area contributed by atoms with E-state index in [-0.39, 0.29) is 24.4 Å². The van der Waals surface area contributed by atoms with Crippen molar-refractivity contribution < 1.29 is 23.8 Å². The first-order valence-electron chi connectivity index (χ1n) is 12.5. The van der Waals surface area contributed by atoms with Crippen molar-refractivity contribution in [3.63, 3.8) is 0 Å². The number of nitrogens with zero attached hydrogens (tertiary/aromatic N) is 2. The summed E-state index contributed by atoms with van der Waals surface area (Å²) in [6.07, 6.45) is 7.17. The number of piperazine rings is 1. The van der Waals surface area contributed by atoms with E-state index in [1.165, 1.54) is 12.8 Å². The van der Waals surface area contributed by atoms with E-state index >= 15 is 0 Å². The number of rotatable bonds is 8. The molecular formula is C28H36N2O5. The first-order valence-corrected chi connectivity index (χ1v) is 12.5. The van der Waals surface area contributed by atoms with E-state index < -0.39 is 6.04 Å². The highest BCUT2D eigenvalue weighted by Gasteiger charge is 2.42. The van der Waals surface area contributed by atoms with E-state index in [9.17, 15) is 9.59 Å². The summed E-state index contributed by atoms with van der Waals surface area (Å²) in [7, 11) is 4.83. The Morgan fingerprint density at radius 3 is 2.14 bits per heavy atom. The average Bonchev–Trinajstić information content (AvgIpc) is 3.18. The number of carbonyl (C=O) groups excluding carboxylic acids is 2. The van der Waals surface area contributed by atoms with Gasteiger partial charge in [-0.15, -0.1) is 0 Å². The maximum absolute atomic E-state index is 13.9. The summed E-state index contributed by atoms with van der Waals surface area (Å²) < 4.78 is 16.1. The van der Waals surface area contributed by atoms with Gasteiger partial charge in [-0.2, -0.15) is 0 Å². The number of carbonyl (C=O) groups is 2. The second-order valence-corrected chi connectivity index (χ2v) is 9.31. The molecule has 2 aromatic carbocycles. The summed E-state index contributed by atoms with van der Waals surface area (Å²) in [5.41, 5.74) is 1.83. The summed E-state index contributed by atoms with van der Waals surface area (Å²) in [5, 5.41) is 0. The lowest BCUT2D eigenvalue weighted by Gasteiger charge is -2.43. The number of methoxy groups -OCH3 is 3. The second kappa shape index (κ2) is 11.5. The molecule has 0 spiro atoms.